The van der Waals surface area contributed by atoms with E-state index in [2.05, 4.69) is 20.6 Å². The molecule has 0 unspecified atom stereocenters. The van der Waals surface area contributed by atoms with E-state index >= 15 is 0 Å². The van der Waals surface area contributed by atoms with Gasteiger partial charge in [0.1, 0.15) is 17.5 Å². The molecule has 2 saturated heterocycles. The van der Waals surface area contributed by atoms with Crippen molar-refractivity contribution in [3.8, 4) is 0 Å². The van der Waals surface area contributed by atoms with Crippen LogP contribution in [0, 0.1) is 24.6 Å². The van der Waals surface area contributed by atoms with Crippen LogP contribution in [-0.2, 0) is 31.6 Å². The van der Waals surface area contributed by atoms with Crippen molar-refractivity contribution in [1.29, 1.82) is 0 Å². The van der Waals surface area contributed by atoms with Gasteiger partial charge < -0.3 is 24.8 Å². The van der Waals surface area contributed by atoms with E-state index in [1.54, 1.807) is 6.92 Å². The van der Waals surface area contributed by atoms with Crippen molar-refractivity contribution < 1.29 is 36.6 Å². The summed E-state index contributed by atoms with van der Waals surface area (Å²) < 4.78 is 71.1. The zero-order valence-electron chi connectivity index (χ0n) is 19.7. The Bertz CT molecular complexity index is 1150. The SMILES string of the molecule is Cc1nc(CC(=O)N[C@H]2[C@@H]3COC[C@@H]32)c(C2OCCO2)c(N[C@H](C)c2cccc(C(F)(F)F)c2F)n1. The molecule has 3 heterocycles. The molecule has 1 aromatic carbocycles. The molecule has 5 rings (SSSR count). The summed E-state index contributed by atoms with van der Waals surface area (Å²) in [5.41, 5.74) is -0.787. The minimum absolute atomic E-state index is 0.0698. The number of hydrogen-bond acceptors (Lipinski definition) is 7. The standard InChI is InChI=1S/C24H26F4N4O4/c1-11(13-4-3-5-16(20(13)25)24(26,27)28)29-22-19(23-35-6-7-36-23)17(30-12(2)31-22)8-18(33)32-21-14-9-34-10-15(14)21/h3-5,11,14-15,21,23H,6-10H2,1-2H3,(H,32,33)(H,29,30,31)/t11-,14-,15+,21+/m1/s1. The molecule has 8 nitrogen and oxygen atoms in total. The van der Waals surface area contributed by atoms with Crippen LogP contribution < -0.4 is 10.6 Å². The Hall–Kier alpha value is -2.83. The first-order valence-electron chi connectivity index (χ1n) is 11.7. The zero-order valence-corrected chi connectivity index (χ0v) is 19.7. The molecular weight excluding hydrogens is 484 g/mol. The maximum atomic E-state index is 14.8. The number of halogens is 4. The third-order valence-corrected chi connectivity index (χ3v) is 6.76. The highest BCUT2D eigenvalue weighted by molar-refractivity contribution is 5.79. The van der Waals surface area contributed by atoms with Crippen molar-refractivity contribution in [2.24, 2.45) is 11.8 Å². The number of benzene rings is 1. The van der Waals surface area contributed by atoms with Gasteiger partial charge in [0.05, 0.1) is 55.7 Å². The summed E-state index contributed by atoms with van der Waals surface area (Å²) in [6.07, 6.45) is -5.77. The Morgan fingerprint density at radius 2 is 1.86 bits per heavy atom. The summed E-state index contributed by atoms with van der Waals surface area (Å²) in [4.78, 5) is 21.7. The van der Waals surface area contributed by atoms with Crippen LogP contribution in [0.15, 0.2) is 18.2 Å². The smallest absolute Gasteiger partial charge is 0.381 e. The minimum Gasteiger partial charge on any atom is -0.381 e. The number of carbonyl (C=O) groups excluding carboxylic acids is 1. The molecule has 1 aromatic heterocycles. The summed E-state index contributed by atoms with van der Waals surface area (Å²) in [5.74, 6) is -0.377. The van der Waals surface area contributed by atoms with Gasteiger partial charge in [0.25, 0.3) is 0 Å². The highest BCUT2D eigenvalue weighted by atomic mass is 19.4. The number of aromatic nitrogens is 2. The highest BCUT2D eigenvalue weighted by Gasteiger charge is 2.54. The molecule has 2 aliphatic heterocycles. The molecule has 3 aliphatic rings. The lowest BCUT2D eigenvalue weighted by Gasteiger charge is -2.23. The van der Waals surface area contributed by atoms with Crippen molar-refractivity contribution in [1.82, 2.24) is 15.3 Å². The molecule has 2 aromatic rings. The highest BCUT2D eigenvalue weighted by Crippen LogP contribution is 2.44. The Morgan fingerprint density at radius 3 is 2.53 bits per heavy atom. The van der Waals surface area contributed by atoms with Gasteiger partial charge in [-0.1, -0.05) is 12.1 Å². The number of rotatable bonds is 7. The second-order valence-electron chi connectivity index (χ2n) is 9.26. The predicted molar refractivity (Wildman–Crippen MR) is 118 cm³/mol. The van der Waals surface area contributed by atoms with Crippen LogP contribution in [0.1, 0.15) is 47.5 Å². The Balaban J connectivity index is 1.42. The topological polar surface area (TPSA) is 94.6 Å². The van der Waals surface area contributed by atoms with Crippen molar-refractivity contribution in [2.75, 3.05) is 31.7 Å². The van der Waals surface area contributed by atoms with Crippen molar-refractivity contribution in [2.45, 2.75) is 44.8 Å². The number of fused-ring (bicyclic) bond motifs is 1. The predicted octanol–water partition coefficient (Wildman–Crippen LogP) is 3.46. The van der Waals surface area contributed by atoms with E-state index in [0.29, 0.717) is 61.4 Å². The first-order valence-corrected chi connectivity index (χ1v) is 11.7. The summed E-state index contributed by atoms with van der Waals surface area (Å²) in [5, 5.41) is 6.01. The second kappa shape index (κ2) is 9.56. The Morgan fingerprint density at radius 1 is 1.17 bits per heavy atom. The first kappa shape index (κ1) is 24.8. The van der Waals surface area contributed by atoms with Gasteiger partial charge in [-0.2, -0.15) is 13.2 Å². The largest absolute Gasteiger partial charge is 0.419 e. The van der Waals surface area contributed by atoms with Gasteiger partial charge in [-0.25, -0.2) is 14.4 Å². The summed E-state index contributed by atoms with van der Waals surface area (Å²) >= 11 is 0. The summed E-state index contributed by atoms with van der Waals surface area (Å²) in [6, 6.07) is 2.32. The lowest BCUT2D eigenvalue weighted by molar-refractivity contribution is -0.140. The Kier molecular flexibility index (Phi) is 6.60. The molecule has 1 saturated carbocycles. The lowest BCUT2D eigenvalue weighted by Crippen LogP contribution is -2.32. The molecule has 1 aliphatic carbocycles. The monoisotopic (exact) mass is 510 g/mol. The fourth-order valence-electron chi connectivity index (χ4n) is 4.89. The van der Waals surface area contributed by atoms with Crippen LogP contribution in [0.3, 0.4) is 0 Å². The van der Waals surface area contributed by atoms with Crippen molar-refractivity contribution in [3.63, 3.8) is 0 Å². The fourth-order valence-corrected chi connectivity index (χ4v) is 4.89. The average Bonchev–Trinajstić information content (AvgIpc) is 3.21. The number of aryl methyl sites for hydroxylation is 1. The number of hydrogen-bond donors (Lipinski definition) is 2. The molecule has 3 fully saturated rings. The van der Waals surface area contributed by atoms with E-state index in [4.69, 9.17) is 14.2 Å². The van der Waals surface area contributed by atoms with Crippen LogP contribution in [0.4, 0.5) is 23.4 Å². The van der Waals surface area contributed by atoms with Crippen LogP contribution in [-0.4, -0.2) is 48.3 Å². The molecular formula is C24H26F4N4O4. The molecule has 12 heteroatoms. The number of nitrogens with one attached hydrogen (secondary N) is 2. The molecule has 0 bridgehead atoms. The summed E-state index contributed by atoms with van der Waals surface area (Å²) in [6.45, 7) is 5.05. The van der Waals surface area contributed by atoms with E-state index < -0.39 is 29.9 Å². The van der Waals surface area contributed by atoms with Gasteiger partial charge in [-0.05, 0) is 19.9 Å². The zero-order chi connectivity index (χ0) is 25.6. The van der Waals surface area contributed by atoms with Gasteiger partial charge in [-0.3, -0.25) is 4.79 Å². The third-order valence-electron chi connectivity index (χ3n) is 6.76. The fraction of sp³-hybridized carbons (Fsp3) is 0.542. The van der Waals surface area contributed by atoms with Gasteiger partial charge in [-0.15, -0.1) is 0 Å². The molecule has 2 N–H and O–H groups in total. The number of amides is 1. The lowest BCUT2D eigenvalue weighted by atomic mass is 10.0. The maximum Gasteiger partial charge on any atom is 0.419 e. The molecule has 1 amide bonds. The van der Waals surface area contributed by atoms with E-state index in [1.165, 1.54) is 13.0 Å². The quantitative estimate of drug-likeness (QED) is 0.551. The van der Waals surface area contributed by atoms with Gasteiger partial charge in [0.2, 0.25) is 5.91 Å². The molecule has 194 valence electrons. The van der Waals surface area contributed by atoms with Crippen molar-refractivity contribution in [3.05, 3.63) is 52.2 Å². The second-order valence-corrected chi connectivity index (χ2v) is 9.26. The number of alkyl halides is 3. The normalized spacial score (nSPS) is 24.4. The average molecular weight is 510 g/mol. The number of nitrogens with zero attached hydrogens (tertiary/aromatic N) is 2. The summed E-state index contributed by atoms with van der Waals surface area (Å²) in [7, 11) is 0. The van der Waals surface area contributed by atoms with Crippen LogP contribution in [0.2, 0.25) is 0 Å². The maximum absolute atomic E-state index is 14.8. The number of ether oxygens (including phenoxy) is 3. The van der Waals surface area contributed by atoms with Crippen molar-refractivity contribution >= 4 is 11.7 Å². The molecule has 0 radical (unpaired) electrons. The van der Waals surface area contributed by atoms with Crippen LogP contribution in [0.25, 0.3) is 0 Å². The van der Waals surface area contributed by atoms with E-state index in [1.807, 2.05) is 0 Å². The van der Waals surface area contributed by atoms with E-state index in [0.717, 1.165) is 6.07 Å². The molecule has 4 atom stereocenters. The van der Waals surface area contributed by atoms with E-state index in [9.17, 15) is 22.4 Å². The molecule has 0 spiro atoms. The van der Waals surface area contributed by atoms with E-state index in [-0.39, 0.29) is 29.8 Å². The third kappa shape index (κ3) is 4.89. The minimum atomic E-state index is -4.82. The number of anilines is 1. The van der Waals surface area contributed by atoms with Gasteiger partial charge >= 0.3 is 6.18 Å². The van der Waals surface area contributed by atoms with Crippen LogP contribution in [0.5, 0.6) is 0 Å². The van der Waals surface area contributed by atoms with Gasteiger partial charge in [0, 0.05) is 23.4 Å². The Labute approximate surface area is 204 Å². The number of carbonyl (C=O) groups is 1. The van der Waals surface area contributed by atoms with Crippen LogP contribution >= 0.6 is 0 Å². The molecule has 36 heavy (non-hydrogen) atoms. The van der Waals surface area contributed by atoms with Gasteiger partial charge in [0.15, 0.2) is 6.29 Å². The first-order chi connectivity index (χ1) is 17.1.